The molecule has 0 bridgehead atoms. The molecule has 1 aliphatic rings. The van der Waals surface area contributed by atoms with Crippen LogP contribution in [-0.2, 0) is 14.8 Å². The summed E-state index contributed by atoms with van der Waals surface area (Å²) < 4.78 is 27.6. The number of piperidine rings is 1. The van der Waals surface area contributed by atoms with Crippen molar-refractivity contribution in [3.8, 4) is 0 Å². The first-order valence-corrected chi connectivity index (χ1v) is 10.4. The highest BCUT2D eigenvalue weighted by atomic mass is 32.2. The molecule has 1 saturated heterocycles. The third-order valence-electron chi connectivity index (χ3n) is 4.52. The summed E-state index contributed by atoms with van der Waals surface area (Å²) in [5, 5.41) is 2.83. The van der Waals surface area contributed by atoms with Crippen LogP contribution in [0.25, 0.3) is 0 Å². The van der Waals surface area contributed by atoms with Crippen LogP contribution in [0.4, 0.5) is 5.69 Å². The van der Waals surface area contributed by atoms with Gasteiger partial charge in [0.05, 0.1) is 4.90 Å². The normalized spacial score (nSPS) is 22.6. The molecule has 2 unspecified atom stereocenters. The summed E-state index contributed by atoms with van der Waals surface area (Å²) in [4.78, 5) is 12.3. The minimum atomic E-state index is -3.51. The fourth-order valence-electron chi connectivity index (χ4n) is 3.39. The first-order chi connectivity index (χ1) is 11.5. The lowest BCUT2D eigenvalue weighted by molar-refractivity contribution is -0.117. The number of carbonyl (C=O) groups excluding carboxylic acids is 1. The standard InChI is InChI=1S/C19H30N2O3S/c1-14-7-6-8-15(2)21(14)25(23,24)17-11-9-16(10-12-17)20-18(22)13-19(3,4)5/h9-12,14-15H,6-8,13H2,1-5H3,(H,20,22). The highest BCUT2D eigenvalue weighted by Crippen LogP contribution is 2.30. The molecule has 0 aliphatic carbocycles. The number of hydrogen-bond acceptors (Lipinski definition) is 3. The van der Waals surface area contributed by atoms with Crippen LogP contribution in [0.3, 0.4) is 0 Å². The Morgan fingerprint density at radius 2 is 1.64 bits per heavy atom. The molecule has 1 aromatic rings. The van der Waals surface area contributed by atoms with Gasteiger partial charge in [0.1, 0.15) is 0 Å². The quantitative estimate of drug-likeness (QED) is 0.875. The number of anilines is 1. The molecule has 140 valence electrons. The molecule has 5 nitrogen and oxygen atoms in total. The zero-order valence-corrected chi connectivity index (χ0v) is 16.7. The van der Waals surface area contributed by atoms with Crippen molar-refractivity contribution in [2.24, 2.45) is 5.41 Å². The number of nitrogens with one attached hydrogen (secondary N) is 1. The number of nitrogens with zero attached hydrogens (tertiary/aromatic N) is 1. The zero-order chi connectivity index (χ0) is 18.8. The monoisotopic (exact) mass is 366 g/mol. The summed E-state index contributed by atoms with van der Waals surface area (Å²) in [7, 11) is -3.51. The van der Waals surface area contributed by atoms with E-state index in [-0.39, 0.29) is 28.3 Å². The van der Waals surface area contributed by atoms with Crippen molar-refractivity contribution in [1.29, 1.82) is 0 Å². The molecule has 25 heavy (non-hydrogen) atoms. The summed E-state index contributed by atoms with van der Waals surface area (Å²) in [5.41, 5.74) is 0.529. The highest BCUT2D eigenvalue weighted by molar-refractivity contribution is 7.89. The van der Waals surface area contributed by atoms with Crippen LogP contribution in [0.2, 0.25) is 0 Å². The van der Waals surface area contributed by atoms with Gasteiger partial charge in [0.2, 0.25) is 15.9 Å². The third kappa shape index (κ3) is 5.05. The number of sulfonamides is 1. The van der Waals surface area contributed by atoms with Gasteiger partial charge in [0, 0.05) is 24.2 Å². The fraction of sp³-hybridized carbons (Fsp3) is 0.632. The Morgan fingerprint density at radius 3 is 2.12 bits per heavy atom. The van der Waals surface area contributed by atoms with Gasteiger partial charge < -0.3 is 5.32 Å². The third-order valence-corrected chi connectivity index (χ3v) is 6.66. The molecule has 6 heteroatoms. The summed E-state index contributed by atoms with van der Waals surface area (Å²) >= 11 is 0. The molecule has 1 aliphatic heterocycles. The lowest BCUT2D eigenvalue weighted by Gasteiger charge is -2.37. The van der Waals surface area contributed by atoms with E-state index in [2.05, 4.69) is 5.32 Å². The second-order valence-electron chi connectivity index (χ2n) is 8.27. The Labute approximate surface area is 151 Å². The zero-order valence-electron chi connectivity index (χ0n) is 15.9. The van der Waals surface area contributed by atoms with Crippen molar-refractivity contribution in [2.45, 2.75) is 77.3 Å². The molecule has 2 rings (SSSR count). The molecule has 0 radical (unpaired) electrons. The molecule has 1 heterocycles. The van der Waals surface area contributed by atoms with Crippen molar-refractivity contribution in [3.63, 3.8) is 0 Å². The second kappa shape index (κ2) is 7.46. The van der Waals surface area contributed by atoms with Crippen LogP contribution in [0.15, 0.2) is 29.2 Å². The first kappa shape index (κ1) is 19.9. The minimum absolute atomic E-state index is 0.0138. The Morgan fingerprint density at radius 1 is 1.12 bits per heavy atom. The number of amides is 1. The summed E-state index contributed by atoms with van der Waals surface area (Å²) in [6.45, 7) is 9.94. The van der Waals surface area contributed by atoms with Crippen LogP contribution in [-0.4, -0.2) is 30.7 Å². The summed E-state index contributed by atoms with van der Waals surface area (Å²) in [6.07, 6.45) is 3.26. The summed E-state index contributed by atoms with van der Waals surface area (Å²) in [6, 6.07) is 6.51. The van der Waals surface area contributed by atoms with Gasteiger partial charge in [-0.1, -0.05) is 27.2 Å². The number of rotatable bonds is 4. The predicted molar refractivity (Wildman–Crippen MR) is 101 cm³/mol. The van der Waals surface area contributed by atoms with Crippen molar-refractivity contribution in [1.82, 2.24) is 4.31 Å². The van der Waals surface area contributed by atoms with Crippen molar-refractivity contribution >= 4 is 21.6 Å². The predicted octanol–water partition coefficient (Wildman–Crippen LogP) is 4.01. The Bertz CT molecular complexity index is 695. The van der Waals surface area contributed by atoms with Gasteiger partial charge in [-0.2, -0.15) is 4.31 Å². The van der Waals surface area contributed by atoms with Crippen molar-refractivity contribution < 1.29 is 13.2 Å². The van der Waals surface area contributed by atoms with Crippen LogP contribution in [0.1, 0.15) is 60.3 Å². The van der Waals surface area contributed by atoms with E-state index in [9.17, 15) is 13.2 Å². The maximum atomic E-state index is 13.0. The Hall–Kier alpha value is -1.40. The lowest BCUT2D eigenvalue weighted by Crippen LogP contribution is -2.47. The van der Waals surface area contributed by atoms with Crippen molar-refractivity contribution in [3.05, 3.63) is 24.3 Å². The van der Waals surface area contributed by atoms with Crippen molar-refractivity contribution in [2.75, 3.05) is 5.32 Å². The van der Waals surface area contributed by atoms with E-state index in [0.29, 0.717) is 12.1 Å². The molecule has 0 aromatic heterocycles. The average Bonchev–Trinajstić information content (AvgIpc) is 2.45. The van der Waals surface area contributed by atoms with Crippen LogP contribution in [0, 0.1) is 5.41 Å². The summed E-state index contributed by atoms with van der Waals surface area (Å²) in [5.74, 6) is -0.0682. The Kier molecular flexibility index (Phi) is 5.94. The molecule has 0 spiro atoms. The van der Waals surface area contributed by atoms with E-state index in [1.165, 1.54) is 0 Å². The van der Waals surface area contributed by atoms with Crippen LogP contribution < -0.4 is 5.32 Å². The number of hydrogen-bond donors (Lipinski definition) is 1. The average molecular weight is 367 g/mol. The highest BCUT2D eigenvalue weighted by Gasteiger charge is 2.35. The van der Waals surface area contributed by atoms with Gasteiger partial charge in [-0.05, 0) is 56.4 Å². The van der Waals surface area contributed by atoms with Gasteiger partial charge in [-0.3, -0.25) is 4.79 Å². The molecule has 1 amide bonds. The van der Waals surface area contributed by atoms with E-state index in [0.717, 1.165) is 19.3 Å². The molecule has 1 aromatic carbocycles. The van der Waals surface area contributed by atoms with Crippen LogP contribution in [0.5, 0.6) is 0 Å². The van der Waals surface area contributed by atoms with Gasteiger partial charge >= 0.3 is 0 Å². The Balaban J connectivity index is 2.14. The molecule has 2 atom stereocenters. The molecule has 0 saturated carbocycles. The number of carbonyl (C=O) groups is 1. The SMILES string of the molecule is CC1CCCC(C)N1S(=O)(=O)c1ccc(NC(=O)CC(C)(C)C)cc1. The number of benzene rings is 1. The van der Waals surface area contributed by atoms with E-state index >= 15 is 0 Å². The maximum Gasteiger partial charge on any atom is 0.243 e. The fourth-order valence-corrected chi connectivity index (χ4v) is 5.27. The smallest absolute Gasteiger partial charge is 0.243 e. The van der Waals surface area contributed by atoms with Gasteiger partial charge in [0.15, 0.2) is 0 Å². The van der Waals surface area contributed by atoms with E-state index in [4.69, 9.17) is 0 Å². The molecule has 1 fully saturated rings. The van der Waals surface area contributed by atoms with E-state index in [1.807, 2.05) is 34.6 Å². The van der Waals surface area contributed by atoms with Gasteiger partial charge in [-0.25, -0.2) is 8.42 Å². The molecular weight excluding hydrogens is 336 g/mol. The van der Waals surface area contributed by atoms with Gasteiger partial charge in [-0.15, -0.1) is 0 Å². The largest absolute Gasteiger partial charge is 0.326 e. The maximum absolute atomic E-state index is 13.0. The molecule has 1 N–H and O–H groups in total. The minimum Gasteiger partial charge on any atom is -0.326 e. The van der Waals surface area contributed by atoms with Gasteiger partial charge in [0.25, 0.3) is 0 Å². The van der Waals surface area contributed by atoms with E-state index in [1.54, 1.807) is 28.6 Å². The lowest BCUT2D eigenvalue weighted by atomic mass is 9.92. The van der Waals surface area contributed by atoms with Crippen LogP contribution >= 0.6 is 0 Å². The topological polar surface area (TPSA) is 66.5 Å². The second-order valence-corrected chi connectivity index (χ2v) is 10.1. The van der Waals surface area contributed by atoms with E-state index < -0.39 is 10.0 Å². The molecular formula is C19H30N2O3S. The first-order valence-electron chi connectivity index (χ1n) is 8.94.